The first-order valence-corrected chi connectivity index (χ1v) is 23.8. The van der Waals surface area contributed by atoms with Gasteiger partial charge in [0.05, 0.1) is 142 Å². The summed E-state index contributed by atoms with van der Waals surface area (Å²) in [6.45, 7) is 12.3. The van der Waals surface area contributed by atoms with E-state index in [9.17, 15) is 17.8 Å². The lowest BCUT2D eigenvalue weighted by Gasteiger charge is -2.23. The summed E-state index contributed by atoms with van der Waals surface area (Å²) in [7, 11) is -3.07. The molecular formula is C46H72N2O16S. The molecule has 1 unspecified atom stereocenters. The van der Waals surface area contributed by atoms with E-state index in [4.69, 9.17) is 57.2 Å². The molecule has 0 aromatic heterocycles. The van der Waals surface area contributed by atoms with Crippen LogP contribution in [0.25, 0.3) is 0 Å². The van der Waals surface area contributed by atoms with Crippen LogP contribution in [-0.2, 0) is 72.4 Å². The Kier molecular flexibility index (Phi) is 30.0. The second-order valence-electron chi connectivity index (χ2n) is 14.9. The Hall–Kier alpha value is -3.41. The number of rotatable bonds is 43. The molecule has 1 aliphatic heterocycles. The number of carboxylic acids is 1. The number of methoxy groups -OCH3 is 1. The molecule has 0 radical (unpaired) electrons. The van der Waals surface area contributed by atoms with E-state index >= 15 is 0 Å². The van der Waals surface area contributed by atoms with Crippen molar-refractivity contribution in [1.82, 2.24) is 0 Å². The summed E-state index contributed by atoms with van der Waals surface area (Å²) >= 11 is 0. The number of fused-ring (bicyclic) bond motifs is 1. The highest BCUT2D eigenvalue weighted by molar-refractivity contribution is 7.85. The van der Waals surface area contributed by atoms with Gasteiger partial charge in [-0.2, -0.15) is 4.58 Å². The van der Waals surface area contributed by atoms with Crippen molar-refractivity contribution in [2.75, 3.05) is 158 Å². The number of unbranched alkanes of at least 4 members (excludes halogenated alkanes) is 2. The van der Waals surface area contributed by atoms with Gasteiger partial charge in [-0.3, -0.25) is 4.79 Å². The Morgan fingerprint density at radius 3 is 1.52 bits per heavy atom. The van der Waals surface area contributed by atoms with Gasteiger partial charge in [0.15, 0.2) is 5.71 Å². The molecule has 0 spiro atoms. The first-order chi connectivity index (χ1) is 31.7. The van der Waals surface area contributed by atoms with Crippen LogP contribution in [0.4, 0.5) is 11.4 Å². The zero-order valence-corrected chi connectivity index (χ0v) is 39.1. The van der Waals surface area contributed by atoms with Crippen molar-refractivity contribution in [2.45, 2.75) is 49.3 Å². The number of aliphatic carboxylic acids is 1. The summed E-state index contributed by atoms with van der Waals surface area (Å²) in [6.07, 6.45) is 6.37. The molecule has 1 atom stereocenters. The number of carbonyl (C=O) groups is 1. The fourth-order valence-electron chi connectivity index (χ4n) is 6.67. The third kappa shape index (κ3) is 24.3. The van der Waals surface area contributed by atoms with Crippen LogP contribution in [0, 0.1) is 0 Å². The van der Waals surface area contributed by atoms with E-state index in [1.165, 1.54) is 12.1 Å². The summed E-state index contributed by atoms with van der Waals surface area (Å²) in [5.74, 6) is -0.831. The highest BCUT2D eigenvalue weighted by Gasteiger charge is 2.47. The number of hydrogen-bond donors (Lipinski definition) is 2. The molecule has 0 amide bonds. The molecule has 0 bridgehead atoms. The van der Waals surface area contributed by atoms with Crippen LogP contribution in [0.5, 0.6) is 0 Å². The van der Waals surface area contributed by atoms with Crippen molar-refractivity contribution < 1.29 is 79.6 Å². The van der Waals surface area contributed by atoms with Gasteiger partial charge in [-0.25, -0.2) is 8.42 Å². The normalized spacial score (nSPS) is 15.1. The molecule has 3 rings (SSSR count). The number of nitrogens with one attached hydrogen (secondary N) is 1. The van der Waals surface area contributed by atoms with Gasteiger partial charge >= 0.3 is 5.97 Å². The molecule has 1 aliphatic rings. The number of ether oxygens (including phenoxy) is 11. The van der Waals surface area contributed by atoms with E-state index in [2.05, 4.69) is 9.89 Å². The number of nitrogens with zero attached hydrogens (tertiary/aromatic N) is 1. The molecule has 0 saturated heterocycles. The largest absolute Gasteiger partial charge is 0.744 e. The molecule has 368 valence electrons. The predicted octanol–water partition coefficient (Wildman–Crippen LogP) is 4.42. The van der Waals surface area contributed by atoms with Crippen molar-refractivity contribution >= 4 is 33.2 Å². The first kappa shape index (κ1) is 55.9. The van der Waals surface area contributed by atoms with Gasteiger partial charge in [0.2, 0.25) is 5.69 Å². The van der Waals surface area contributed by atoms with Gasteiger partial charge < -0.3 is 67.1 Å². The molecule has 0 saturated carbocycles. The summed E-state index contributed by atoms with van der Waals surface area (Å²) in [6, 6.07) is 14.2. The number of hydrogen-bond acceptors (Lipinski definition) is 16. The molecule has 2 aromatic carbocycles. The average Bonchev–Trinajstić information content (AvgIpc) is 3.52. The minimum absolute atomic E-state index is 0.0951. The van der Waals surface area contributed by atoms with Gasteiger partial charge in [0.1, 0.15) is 16.7 Å². The zero-order valence-electron chi connectivity index (χ0n) is 38.3. The standard InChI is InChI=1S/C46H72N2O16S/c1-46(42-39-41(65(51,52)53)12-13-43(42)48(17-8-4-7-11-45(49)50)44(46)14-16-47-40-9-5-3-6-10-40)15-18-55-21-22-57-25-26-59-29-30-61-33-34-63-37-38-64-36-35-62-32-31-60-28-27-58-24-23-56-20-19-54-2/h3,5-6,9-10,12-14,16,39H,4,7-8,11,15,17-38H2,1-2H3,(H2,49,50,51,52,53). The molecule has 18 nitrogen and oxygen atoms in total. The van der Waals surface area contributed by atoms with Crippen molar-refractivity contribution in [3.8, 4) is 0 Å². The molecule has 0 aliphatic carbocycles. The number of anilines is 1. The van der Waals surface area contributed by atoms with Crippen LogP contribution in [-0.4, -0.2) is 187 Å². The van der Waals surface area contributed by atoms with Crippen molar-refractivity contribution in [2.24, 2.45) is 0 Å². The Morgan fingerprint density at radius 2 is 1.09 bits per heavy atom. The highest BCUT2D eigenvalue weighted by atomic mass is 32.2. The van der Waals surface area contributed by atoms with Crippen LogP contribution in [0.3, 0.4) is 0 Å². The van der Waals surface area contributed by atoms with Gasteiger partial charge in [0.25, 0.3) is 0 Å². The highest BCUT2D eigenvalue weighted by Crippen LogP contribution is 2.44. The lowest BCUT2D eigenvalue weighted by molar-refractivity contribution is -0.438. The molecule has 2 N–H and O–H groups in total. The second kappa shape index (κ2) is 34.8. The minimum atomic E-state index is -4.70. The average molecular weight is 941 g/mol. The summed E-state index contributed by atoms with van der Waals surface area (Å²) in [5.41, 5.74) is 2.60. The Balaban J connectivity index is 1.24. The first-order valence-electron chi connectivity index (χ1n) is 22.4. The van der Waals surface area contributed by atoms with Crippen molar-refractivity contribution in [3.63, 3.8) is 0 Å². The fourth-order valence-corrected chi connectivity index (χ4v) is 7.16. The van der Waals surface area contributed by atoms with E-state index in [-0.39, 0.29) is 11.3 Å². The maximum Gasteiger partial charge on any atom is 0.303 e. The Bertz CT molecular complexity index is 1730. The number of allylic oxidation sites excluding steroid dienone is 1. The third-order valence-corrected chi connectivity index (χ3v) is 10.9. The minimum Gasteiger partial charge on any atom is -0.744 e. The molecule has 0 fully saturated rings. The summed E-state index contributed by atoms with van der Waals surface area (Å²) in [5, 5.41) is 12.4. The molecule has 19 heteroatoms. The van der Waals surface area contributed by atoms with E-state index in [0.29, 0.717) is 177 Å². The van der Waals surface area contributed by atoms with Crippen LogP contribution in [0.1, 0.15) is 44.6 Å². The number of carboxylic acid groups (broad SMARTS) is 1. The monoisotopic (exact) mass is 940 g/mol. The lowest BCUT2D eigenvalue weighted by Crippen LogP contribution is -2.33. The Labute approximate surface area is 385 Å². The van der Waals surface area contributed by atoms with Gasteiger partial charge in [-0.05, 0) is 50.5 Å². The molecule has 1 heterocycles. The maximum absolute atomic E-state index is 12.1. The van der Waals surface area contributed by atoms with Crippen molar-refractivity contribution in [1.29, 1.82) is 0 Å². The quantitative estimate of drug-likeness (QED) is 0.0535. The van der Waals surface area contributed by atoms with Crippen LogP contribution in [0.15, 0.2) is 65.7 Å². The van der Waals surface area contributed by atoms with Crippen LogP contribution in [0.2, 0.25) is 0 Å². The lowest BCUT2D eigenvalue weighted by atomic mass is 9.77. The molecule has 2 aromatic rings. The zero-order chi connectivity index (χ0) is 46.7. The Morgan fingerprint density at radius 1 is 0.646 bits per heavy atom. The van der Waals surface area contributed by atoms with Gasteiger partial charge in [-0.1, -0.05) is 18.2 Å². The van der Waals surface area contributed by atoms with Crippen LogP contribution >= 0.6 is 0 Å². The van der Waals surface area contributed by atoms with E-state index in [1.54, 1.807) is 13.2 Å². The van der Waals surface area contributed by atoms with E-state index < -0.39 is 21.5 Å². The summed E-state index contributed by atoms with van der Waals surface area (Å²) in [4.78, 5) is 10.8. The molecule has 65 heavy (non-hydrogen) atoms. The fraction of sp³-hybridized carbons (Fsp3) is 0.652. The van der Waals surface area contributed by atoms with Crippen molar-refractivity contribution in [3.05, 3.63) is 66.4 Å². The van der Waals surface area contributed by atoms with E-state index in [0.717, 1.165) is 17.1 Å². The SMILES string of the molecule is COCCOCCOCCOCCOCCOCCOCCOCCOCCOCCOCCC1(C)C(/C=C/Nc2ccccc2)=[N+](CCCCCC(=O)O)c2ccc(S(=O)(=O)[O-])cc21. The summed E-state index contributed by atoms with van der Waals surface area (Å²) < 4.78 is 98.9. The topological polar surface area (TPSA) is 211 Å². The van der Waals surface area contributed by atoms with Gasteiger partial charge in [-0.15, -0.1) is 0 Å². The maximum atomic E-state index is 12.1. The number of para-hydroxylation sites is 1. The predicted molar refractivity (Wildman–Crippen MR) is 242 cm³/mol. The number of benzene rings is 2. The van der Waals surface area contributed by atoms with Crippen LogP contribution < -0.4 is 5.32 Å². The van der Waals surface area contributed by atoms with Gasteiger partial charge in [0, 0.05) is 56.2 Å². The molecular weight excluding hydrogens is 869 g/mol. The third-order valence-electron chi connectivity index (χ3n) is 10.1. The smallest absolute Gasteiger partial charge is 0.303 e. The van der Waals surface area contributed by atoms with E-state index in [1.807, 2.05) is 49.5 Å². The second-order valence-corrected chi connectivity index (χ2v) is 16.3.